The summed E-state index contributed by atoms with van der Waals surface area (Å²) in [4.78, 5) is 31.8. The zero-order valence-corrected chi connectivity index (χ0v) is 11.8. The second kappa shape index (κ2) is 5.79. The Morgan fingerprint density at radius 3 is 2.55 bits per heavy atom. The molecule has 0 unspecified atom stereocenters. The van der Waals surface area contributed by atoms with E-state index >= 15 is 0 Å². The molecule has 0 saturated heterocycles. The Morgan fingerprint density at radius 2 is 1.90 bits per heavy atom. The second-order valence-corrected chi connectivity index (χ2v) is 4.66. The molecule has 1 N–H and O–H groups in total. The predicted molar refractivity (Wildman–Crippen MR) is 74.2 cm³/mol. The summed E-state index contributed by atoms with van der Waals surface area (Å²) in [5.41, 5.74) is 1.59. The van der Waals surface area contributed by atoms with Gasteiger partial charge < -0.3 is 9.88 Å². The summed E-state index contributed by atoms with van der Waals surface area (Å²) in [6.07, 6.45) is 4.95. The van der Waals surface area contributed by atoms with Crippen LogP contribution in [0.3, 0.4) is 0 Å². The molecule has 7 heteroatoms. The number of rotatable bonds is 4. The molecular formula is C13H17N5O2. The third kappa shape index (κ3) is 3.00. The Morgan fingerprint density at radius 1 is 1.15 bits per heavy atom. The van der Waals surface area contributed by atoms with Crippen LogP contribution >= 0.6 is 0 Å². The predicted octanol–water partition coefficient (Wildman–Crippen LogP) is -0.528. The molecule has 7 nitrogen and oxygen atoms in total. The maximum Gasteiger partial charge on any atom is 0.330 e. The topological polar surface area (TPSA) is 81.8 Å². The first-order chi connectivity index (χ1) is 9.49. The van der Waals surface area contributed by atoms with Crippen LogP contribution in [0.15, 0.2) is 28.2 Å². The summed E-state index contributed by atoms with van der Waals surface area (Å²) in [7, 11) is 3.09. The van der Waals surface area contributed by atoms with E-state index in [0.29, 0.717) is 18.7 Å². The Kier molecular flexibility index (Phi) is 4.09. The van der Waals surface area contributed by atoms with Gasteiger partial charge >= 0.3 is 5.69 Å². The van der Waals surface area contributed by atoms with Gasteiger partial charge in [0.25, 0.3) is 5.56 Å². The van der Waals surface area contributed by atoms with Crippen molar-refractivity contribution < 1.29 is 0 Å². The third-order valence-corrected chi connectivity index (χ3v) is 2.97. The summed E-state index contributed by atoms with van der Waals surface area (Å²) >= 11 is 0. The lowest BCUT2D eigenvalue weighted by atomic mass is 10.3. The van der Waals surface area contributed by atoms with Crippen LogP contribution in [0, 0.1) is 6.92 Å². The lowest BCUT2D eigenvalue weighted by Gasteiger charge is -2.07. The number of aromatic nitrogens is 4. The van der Waals surface area contributed by atoms with Gasteiger partial charge in [-0.25, -0.2) is 4.79 Å². The highest BCUT2D eigenvalue weighted by atomic mass is 16.2. The van der Waals surface area contributed by atoms with Gasteiger partial charge in [0.1, 0.15) is 0 Å². The van der Waals surface area contributed by atoms with Gasteiger partial charge in [-0.05, 0) is 6.92 Å². The molecule has 0 aromatic carbocycles. The second-order valence-electron chi connectivity index (χ2n) is 4.66. The van der Waals surface area contributed by atoms with E-state index in [1.54, 1.807) is 25.6 Å². The van der Waals surface area contributed by atoms with Crippen LogP contribution in [-0.2, 0) is 27.2 Å². The molecule has 0 atom stereocenters. The zero-order chi connectivity index (χ0) is 14.7. The first-order valence-electron chi connectivity index (χ1n) is 6.23. The first kappa shape index (κ1) is 14.1. The van der Waals surface area contributed by atoms with E-state index in [1.807, 2.05) is 6.92 Å². The van der Waals surface area contributed by atoms with Crippen molar-refractivity contribution in [2.24, 2.45) is 14.1 Å². The normalized spacial score (nSPS) is 10.8. The van der Waals surface area contributed by atoms with E-state index in [0.717, 1.165) is 16.0 Å². The Bertz CT molecular complexity index is 715. The van der Waals surface area contributed by atoms with Crippen LogP contribution in [0.4, 0.5) is 0 Å². The Hall–Kier alpha value is -2.28. The summed E-state index contributed by atoms with van der Waals surface area (Å²) in [5, 5.41) is 3.12. The third-order valence-electron chi connectivity index (χ3n) is 2.97. The number of nitrogens with zero attached hydrogens (tertiary/aromatic N) is 4. The van der Waals surface area contributed by atoms with Crippen molar-refractivity contribution >= 4 is 0 Å². The molecular weight excluding hydrogens is 258 g/mol. The number of hydrogen-bond acceptors (Lipinski definition) is 5. The van der Waals surface area contributed by atoms with E-state index in [4.69, 9.17) is 0 Å². The summed E-state index contributed by atoms with van der Waals surface area (Å²) in [6.45, 7) is 2.76. The molecule has 106 valence electrons. The van der Waals surface area contributed by atoms with Gasteiger partial charge in [-0.1, -0.05) is 0 Å². The van der Waals surface area contributed by atoms with Crippen molar-refractivity contribution in [1.82, 2.24) is 24.4 Å². The van der Waals surface area contributed by atoms with Crippen molar-refractivity contribution in [1.29, 1.82) is 0 Å². The van der Waals surface area contributed by atoms with Gasteiger partial charge in [-0.15, -0.1) is 0 Å². The quantitative estimate of drug-likeness (QED) is 0.811. The van der Waals surface area contributed by atoms with E-state index in [-0.39, 0.29) is 11.2 Å². The molecule has 2 rings (SSSR count). The average molecular weight is 275 g/mol. The number of nitrogens with one attached hydrogen (secondary N) is 1. The molecule has 0 fully saturated rings. The SMILES string of the molecule is Cc1cnc(CNCc2cn(C)c(=O)n(C)c2=O)cn1. The standard InChI is InChI=1S/C13H17N5O2/c1-9-4-16-11(7-15-9)6-14-5-10-8-17(2)13(20)18(3)12(10)19/h4,7-8,14H,5-6H2,1-3H3. The van der Waals surface area contributed by atoms with Gasteiger partial charge in [-0.3, -0.25) is 19.3 Å². The molecule has 0 aliphatic heterocycles. The minimum Gasteiger partial charge on any atom is -0.307 e. The Balaban J connectivity index is 2.07. The van der Waals surface area contributed by atoms with Gasteiger partial charge in [0.05, 0.1) is 11.4 Å². The largest absolute Gasteiger partial charge is 0.330 e. The average Bonchev–Trinajstić information content (AvgIpc) is 2.44. The first-order valence-corrected chi connectivity index (χ1v) is 6.23. The van der Waals surface area contributed by atoms with Crippen molar-refractivity contribution in [3.8, 4) is 0 Å². The van der Waals surface area contributed by atoms with Crippen LogP contribution in [0.1, 0.15) is 17.0 Å². The van der Waals surface area contributed by atoms with Crippen LogP contribution in [0.25, 0.3) is 0 Å². The Labute approximate surface area is 115 Å². The van der Waals surface area contributed by atoms with Crippen LogP contribution < -0.4 is 16.6 Å². The lowest BCUT2D eigenvalue weighted by molar-refractivity contribution is 0.624. The minimum absolute atomic E-state index is 0.282. The fraction of sp³-hybridized carbons (Fsp3) is 0.385. The summed E-state index contributed by atoms with van der Waals surface area (Å²) in [6, 6.07) is 0. The lowest BCUT2D eigenvalue weighted by Crippen LogP contribution is -2.39. The molecule has 0 bridgehead atoms. The van der Waals surface area contributed by atoms with Crippen molar-refractivity contribution in [2.45, 2.75) is 20.0 Å². The van der Waals surface area contributed by atoms with Gasteiger partial charge in [0.2, 0.25) is 0 Å². The van der Waals surface area contributed by atoms with E-state index < -0.39 is 0 Å². The molecule has 0 aliphatic carbocycles. The van der Waals surface area contributed by atoms with Crippen LogP contribution in [-0.4, -0.2) is 19.1 Å². The molecule has 0 aliphatic rings. The smallest absolute Gasteiger partial charge is 0.307 e. The maximum atomic E-state index is 11.9. The fourth-order valence-electron chi connectivity index (χ4n) is 1.84. The summed E-state index contributed by atoms with van der Waals surface area (Å²) < 4.78 is 2.49. The molecule has 2 aromatic rings. The van der Waals surface area contributed by atoms with E-state index in [1.165, 1.54) is 11.6 Å². The molecule has 0 radical (unpaired) electrons. The van der Waals surface area contributed by atoms with Crippen molar-refractivity contribution in [3.05, 3.63) is 56.4 Å². The highest BCUT2D eigenvalue weighted by Gasteiger charge is 2.06. The van der Waals surface area contributed by atoms with Crippen molar-refractivity contribution in [3.63, 3.8) is 0 Å². The maximum absolute atomic E-state index is 11.9. The van der Waals surface area contributed by atoms with Gasteiger partial charge in [-0.2, -0.15) is 0 Å². The van der Waals surface area contributed by atoms with Crippen LogP contribution in [0.5, 0.6) is 0 Å². The molecule has 2 aromatic heterocycles. The molecule has 20 heavy (non-hydrogen) atoms. The van der Waals surface area contributed by atoms with E-state index in [2.05, 4.69) is 15.3 Å². The fourth-order valence-corrected chi connectivity index (χ4v) is 1.84. The molecule has 0 saturated carbocycles. The monoisotopic (exact) mass is 275 g/mol. The summed E-state index contributed by atoms with van der Waals surface area (Å²) in [5.74, 6) is 0. The van der Waals surface area contributed by atoms with Gasteiger partial charge in [0, 0.05) is 51.3 Å². The minimum atomic E-state index is -0.330. The van der Waals surface area contributed by atoms with Gasteiger partial charge in [0.15, 0.2) is 0 Å². The highest BCUT2D eigenvalue weighted by Crippen LogP contribution is 1.94. The van der Waals surface area contributed by atoms with Crippen molar-refractivity contribution in [2.75, 3.05) is 0 Å². The highest BCUT2D eigenvalue weighted by molar-refractivity contribution is 5.06. The molecule has 0 spiro atoms. The van der Waals surface area contributed by atoms with E-state index in [9.17, 15) is 9.59 Å². The molecule has 2 heterocycles. The number of aryl methyl sites for hydroxylation is 2. The number of hydrogen-bond donors (Lipinski definition) is 1. The molecule has 0 amide bonds. The zero-order valence-electron chi connectivity index (χ0n) is 11.8. The van der Waals surface area contributed by atoms with Crippen LogP contribution in [0.2, 0.25) is 0 Å².